The van der Waals surface area contributed by atoms with E-state index in [1.807, 2.05) is 34.7 Å². The van der Waals surface area contributed by atoms with Crippen LogP contribution >= 0.6 is 22.6 Å². The number of nitrogens with one attached hydrogen (secondary N) is 2. The van der Waals surface area contributed by atoms with Crippen molar-refractivity contribution in [3.05, 3.63) is 105 Å². The van der Waals surface area contributed by atoms with Crippen LogP contribution < -0.4 is 24.2 Å². The number of sulfonamides is 2. The van der Waals surface area contributed by atoms with Crippen LogP contribution in [0.1, 0.15) is 44.4 Å². The molecule has 0 bridgehead atoms. The summed E-state index contributed by atoms with van der Waals surface area (Å²) in [6, 6.07) is 23.0. The summed E-state index contributed by atoms with van der Waals surface area (Å²) in [5, 5.41) is 15.6. The molecular formula is C39H46IN7O9S2. The standard InChI is InChI=1S/C39H46IN7O9S2/c1-26(42-38(48)56-39(2,3)4)22-41-57(49,50)34-21-20-33(40)35(37-43-45-47(44-37)25-29-12-18-32(55-7)19-13-29)36(34)58(51,52)46(23-27-8-14-30(53-5)15-9-27)24-28-10-16-31(54-6)17-11-28/h8-21,26,41H,22-25H2,1-7H3,(H,42,48)/t26-/m1/s1. The summed E-state index contributed by atoms with van der Waals surface area (Å²) in [6.45, 7) is 6.29. The van der Waals surface area contributed by atoms with Crippen molar-refractivity contribution in [3.63, 3.8) is 0 Å². The van der Waals surface area contributed by atoms with Crippen molar-refractivity contribution in [1.82, 2.24) is 34.6 Å². The molecule has 5 aromatic rings. The summed E-state index contributed by atoms with van der Waals surface area (Å²) >= 11 is 1.94. The van der Waals surface area contributed by atoms with Crippen molar-refractivity contribution >= 4 is 48.7 Å². The second-order valence-corrected chi connectivity index (χ2v) is 18.9. The summed E-state index contributed by atoms with van der Waals surface area (Å²) in [5.74, 6) is 1.71. The van der Waals surface area contributed by atoms with Crippen molar-refractivity contribution in [1.29, 1.82) is 0 Å². The normalized spacial score (nSPS) is 12.6. The quantitative estimate of drug-likeness (QED) is 0.110. The number of carbonyl (C=O) groups is 1. The minimum absolute atomic E-state index is 0.0566. The van der Waals surface area contributed by atoms with E-state index in [1.54, 1.807) is 95.5 Å². The number of methoxy groups -OCH3 is 3. The van der Waals surface area contributed by atoms with E-state index in [9.17, 15) is 13.2 Å². The lowest BCUT2D eigenvalue weighted by atomic mass is 10.2. The maximum atomic E-state index is 15.4. The Kier molecular flexibility index (Phi) is 14.4. The summed E-state index contributed by atoms with van der Waals surface area (Å²) < 4.78 is 84.7. The maximum absolute atomic E-state index is 15.4. The van der Waals surface area contributed by atoms with Gasteiger partial charge in [-0.05, 0) is 121 Å². The third-order valence-corrected chi connectivity index (χ3v) is 12.9. The second kappa shape index (κ2) is 18.8. The Labute approximate surface area is 352 Å². The number of hydrogen-bond donors (Lipinski definition) is 2. The number of tetrazole rings is 1. The molecule has 1 atom stereocenters. The lowest BCUT2D eigenvalue weighted by Gasteiger charge is -2.26. The van der Waals surface area contributed by atoms with Gasteiger partial charge in [0.15, 0.2) is 0 Å². The number of aromatic nitrogens is 4. The number of nitrogens with zero attached hydrogens (tertiary/aromatic N) is 5. The fourth-order valence-electron chi connectivity index (χ4n) is 5.62. The molecule has 1 amide bonds. The van der Waals surface area contributed by atoms with Crippen molar-refractivity contribution in [2.24, 2.45) is 0 Å². The average molecular weight is 948 g/mol. The van der Waals surface area contributed by atoms with Gasteiger partial charge in [0.25, 0.3) is 0 Å². The summed E-state index contributed by atoms with van der Waals surface area (Å²) in [7, 11) is -4.75. The Hall–Kier alpha value is -4.83. The molecule has 0 aliphatic carbocycles. The second-order valence-electron chi connectivity index (χ2n) is 14.1. The summed E-state index contributed by atoms with van der Waals surface area (Å²) in [5.41, 5.74) is 1.19. The van der Waals surface area contributed by atoms with Crippen LogP contribution in [0, 0.1) is 3.57 Å². The number of carbonyl (C=O) groups excluding carboxylic acids is 1. The van der Waals surface area contributed by atoms with E-state index >= 15 is 8.42 Å². The zero-order valence-electron chi connectivity index (χ0n) is 33.1. The van der Waals surface area contributed by atoms with Crippen LogP contribution in [0.3, 0.4) is 0 Å². The molecule has 1 heterocycles. The first-order chi connectivity index (χ1) is 27.4. The molecule has 0 saturated carbocycles. The SMILES string of the molecule is COc1ccc(CN(Cc2ccc(OC)cc2)S(=O)(=O)c2c(S(=O)(=O)NC[C@@H](C)NC(=O)OC(C)(C)C)ccc(I)c2-c2nnn(Cc3ccc(OC)cc3)n2)cc1. The van der Waals surface area contributed by atoms with Gasteiger partial charge in [-0.1, -0.05) is 36.4 Å². The van der Waals surface area contributed by atoms with Gasteiger partial charge in [-0.3, -0.25) is 0 Å². The van der Waals surface area contributed by atoms with Crippen LogP contribution in [-0.4, -0.2) is 87.0 Å². The summed E-state index contributed by atoms with van der Waals surface area (Å²) in [6.07, 6.45) is -0.740. The fourth-order valence-corrected chi connectivity index (χ4v) is 10.0. The molecular weight excluding hydrogens is 902 g/mol. The van der Waals surface area contributed by atoms with Crippen LogP contribution in [0.2, 0.25) is 0 Å². The highest BCUT2D eigenvalue weighted by Gasteiger charge is 2.37. The summed E-state index contributed by atoms with van der Waals surface area (Å²) in [4.78, 5) is 12.6. The monoisotopic (exact) mass is 947 g/mol. The molecule has 0 saturated heterocycles. The van der Waals surface area contributed by atoms with Crippen molar-refractivity contribution in [3.8, 4) is 28.6 Å². The third kappa shape index (κ3) is 11.4. The van der Waals surface area contributed by atoms with Crippen molar-refractivity contribution in [2.45, 2.75) is 68.8 Å². The van der Waals surface area contributed by atoms with Crippen molar-refractivity contribution in [2.75, 3.05) is 27.9 Å². The minimum atomic E-state index is -4.75. The van der Waals surface area contributed by atoms with Gasteiger partial charge in [0.2, 0.25) is 25.9 Å². The maximum Gasteiger partial charge on any atom is 0.407 e. The highest BCUT2D eigenvalue weighted by atomic mass is 127. The van der Waals surface area contributed by atoms with Crippen LogP contribution in [-0.2, 0) is 44.4 Å². The molecule has 19 heteroatoms. The number of alkyl carbamates (subject to hydrolysis) is 1. The number of hydrogen-bond acceptors (Lipinski definition) is 12. The van der Waals surface area contributed by atoms with Gasteiger partial charge in [0.05, 0.1) is 33.4 Å². The Bertz CT molecular complexity index is 2360. The van der Waals surface area contributed by atoms with Gasteiger partial charge in [-0.15, -0.1) is 10.2 Å². The van der Waals surface area contributed by atoms with E-state index < -0.39 is 47.6 Å². The number of benzene rings is 4. The molecule has 0 aliphatic heterocycles. The van der Waals surface area contributed by atoms with Gasteiger partial charge in [0, 0.05) is 29.2 Å². The van der Waals surface area contributed by atoms with E-state index in [0.717, 1.165) is 5.56 Å². The van der Waals surface area contributed by atoms with E-state index in [4.69, 9.17) is 18.9 Å². The molecule has 4 aromatic carbocycles. The molecule has 0 spiro atoms. The highest BCUT2D eigenvalue weighted by molar-refractivity contribution is 14.1. The van der Waals surface area contributed by atoms with E-state index in [0.29, 0.717) is 31.9 Å². The lowest BCUT2D eigenvalue weighted by Crippen LogP contribution is -2.44. The molecule has 2 N–H and O–H groups in total. The van der Waals surface area contributed by atoms with Gasteiger partial charge < -0.3 is 24.3 Å². The third-order valence-electron chi connectivity index (χ3n) is 8.50. The molecule has 1 aromatic heterocycles. The zero-order valence-corrected chi connectivity index (χ0v) is 36.9. The van der Waals surface area contributed by atoms with Crippen LogP contribution in [0.4, 0.5) is 4.79 Å². The van der Waals surface area contributed by atoms with Gasteiger partial charge in [-0.25, -0.2) is 26.4 Å². The molecule has 5 rings (SSSR count). The number of rotatable bonds is 17. The molecule has 0 aliphatic rings. The predicted octanol–water partition coefficient (Wildman–Crippen LogP) is 5.60. The average Bonchev–Trinajstić information content (AvgIpc) is 3.64. The Morgan fingerprint density at radius 2 is 1.29 bits per heavy atom. The molecule has 0 unspecified atom stereocenters. The van der Waals surface area contributed by atoms with Crippen LogP contribution in [0.25, 0.3) is 11.4 Å². The Balaban J connectivity index is 1.63. The number of halogens is 1. The fraction of sp³-hybridized carbons (Fsp3) is 0.333. The topological polar surface area (TPSA) is 193 Å². The first-order valence-corrected chi connectivity index (χ1v) is 21.9. The molecule has 16 nitrogen and oxygen atoms in total. The highest BCUT2D eigenvalue weighted by Crippen LogP contribution is 2.38. The van der Waals surface area contributed by atoms with Crippen molar-refractivity contribution < 1.29 is 40.6 Å². The Morgan fingerprint density at radius 1 is 0.793 bits per heavy atom. The molecule has 0 radical (unpaired) electrons. The minimum Gasteiger partial charge on any atom is -0.497 e. The first kappa shape index (κ1) is 44.3. The number of amides is 1. The van der Waals surface area contributed by atoms with Gasteiger partial charge in [-0.2, -0.15) is 9.10 Å². The van der Waals surface area contributed by atoms with E-state index in [2.05, 4.69) is 25.4 Å². The van der Waals surface area contributed by atoms with Crippen LogP contribution in [0.5, 0.6) is 17.2 Å². The van der Waals surface area contributed by atoms with Gasteiger partial charge in [0.1, 0.15) is 32.6 Å². The number of ether oxygens (including phenoxy) is 4. The Morgan fingerprint density at radius 3 is 1.78 bits per heavy atom. The smallest absolute Gasteiger partial charge is 0.407 e. The molecule has 58 heavy (non-hydrogen) atoms. The molecule has 310 valence electrons. The molecule has 0 fully saturated rings. The predicted molar refractivity (Wildman–Crippen MR) is 225 cm³/mol. The first-order valence-electron chi connectivity index (χ1n) is 17.9. The zero-order chi connectivity index (χ0) is 42.3. The van der Waals surface area contributed by atoms with E-state index in [1.165, 1.54) is 35.5 Å². The van der Waals surface area contributed by atoms with Crippen LogP contribution in [0.15, 0.2) is 94.7 Å². The van der Waals surface area contributed by atoms with E-state index in [-0.39, 0.29) is 37.6 Å². The lowest BCUT2D eigenvalue weighted by molar-refractivity contribution is 0.0509. The largest absolute Gasteiger partial charge is 0.497 e. The van der Waals surface area contributed by atoms with Gasteiger partial charge >= 0.3 is 6.09 Å².